The van der Waals surface area contributed by atoms with Gasteiger partial charge in [0.2, 0.25) is 0 Å². The van der Waals surface area contributed by atoms with Crippen LogP contribution in [0.4, 0.5) is 4.79 Å². The zero-order valence-electron chi connectivity index (χ0n) is 15.0. The van der Waals surface area contributed by atoms with Crippen LogP contribution in [0.5, 0.6) is 5.75 Å². The third kappa shape index (κ3) is 5.16. The molecule has 1 aliphatic rings. The molecule has 1 heterocycles. The molecule has 0 aromatic heterocycles. The minimum Gasteiger partial charge on any atom is -0.494 e. The van der Waals surface area contributed by atoms with Gasteiger partial charge in [0, 0.05) is 13.1 Å². The normalized spacial score (nSPS) is 17.5. The first-order chi connectivity index (χ1) is 11.3. The van der Waals surface area contributed by atoms with Crippen LogP contribution in [0.15, 0.2) is 18.2 Å². The standard InChI is InChI=1S/C19H26N2O3/c1-14-5-6-17(11-16(14)12-20)23-10-8-15-7-9-21(13-15)18(22)24-19(2,3)4/h5-6,11,15H,7-10,13H2,1-4H3. The van der Waals surface area contributed by atoms with Gasteiger partial charge in [-0.05, 0) is 64.2 Å². The Morgan fingerprint density at radius 1 is 1.42 bits per heavy atom. The van der Waals surface area contributed by atoms with Gasteiger partial charge in [0.05, 0.1) is 18.2 Å². The third-order valence-corrected chi connectivity index (χ3v) is 4.06. The monoisotopic (exact) mass is 330 g/mol. The number of ether oxygens (including phenoxy) is 2. The molecule has 1 atom stereocenters. The Balaban J connectivity index is 1.76. The fourth-order valence-electron chi connectivity index (χ4n) is 2.72. The second-order valence-electron chi connectivity index (χ2n) is 7.31. The van der Waals surface area contributed by atoms with Gasteiger partial charge >= 0.3 is 6.09 Å². The Morgan fingerprint density at radius 3 is 2.83 bits per heavy atom. The van der Waals surface area contributed by atoms with E-state index in [-0.39, 0.29) is 6.09 Å². The van der Waals surface area contributed by atoms with Crippen LogP contribution in [0.2, 0.25) is 0 Å². The maximum Gasteiger partial charge on any atom is 0.410 e. The van der Waals surface area contributed by atoms with Gasteiger partial charge in [-0.3, -0.25) is 0 Å². The van der Waals surface area contributed by atoms with Crippen molar-refractivity contribution >= 4 is 6.09 Å². The van der Waals surface area contributed by atoms with E-state index in [2.05, 4.69) is 6.07 Å². The van der Waals surface area contributed by atoms with Crippen molar-refractivity contribution in [1.29, 1.82) is 5.26 Å². The first kappa shape index (κ1) is 18.1. The molecule has 0 radical (unpaired) electrons. The average molecular weight is 330 g/mol. The Labute approximate surface area is 144 Å². The van der Waals surface area contributed by atoms with E-state index < -0.39 is 5.60 Å². The number of likely N-dealkylation sites (tertiary alicyclic amines) is 1. The number of hydrogen-bond acceptors (Lipinski definition) is 4. The summed E-state index contributed by atoms with van der Waals surface area (Å²) >= 11 is 0. The summed E-state index contributed by atoms with van der Waals surface area (Å²) in [5, 5.41) is 9.05. The summed E-state index contributed by atoms with van der Waals surface area (Å²) < 4.78 is 11.2. The lowest BCUT2D eigenvalue weighted by Gasteiger charge is -2.24. The highest BCUT2D eigenvalue weighted by Crippen LogP contribution is 2.23. The summed E-state index contributed by atoms with van der Waals surface area (Å²) in [6, 6.07) is 7.72. The average Bonchev–Trinajstić information content (AvgIpc) is 2.96. The molecule has 1 aromatic rings. The van der Waals surface area contributed by atoms with Crippen LogP contribution in [0.25, 0.3) is 0 Å². The molecule has 1 amide bonds. The minimum atomic E-state index is -0.456. The molecule has 0 bridgehead atoms. The van der Waals surface area contributed by atoms with Gasteiger partial charge in [-0.1, -0.05) is 6.07 Å². The van der Waals surface area contributed by atoms with Crippen molar-refractivity contribution in [2.75, 3.05) is 19.7 Å². The van der Waals surface area contributed by atoms with E-state index in [0.29, 0.717) is 18.1 Å². The maximum absolute atomic E-state index is 12.0. The lowest BCUT2D eigenvalue weighted by atomic mass is 10.1. The summed E-state index contributed by atoms with van der Waals surface area (Å²) in [4.78, 5) is 13.8. The summed E-state index contributed by atoms with van der Waals surface area (Å²) in [6.07, 6.45) is 1.62. The molecule has 1 aromatic carbocycles. The summed E-state index contributed by atoms with van der Waals surface area (Å²) in [5.41, 5.74) is 1.14. The van der Waals surface area contributed by atoms with E-state index in [1.165, 1.54) is 0 Å². The molecule has 1 fully saturated rings. The predicted octanol–water partition coefficient (Wildman–Crippen LogP) is 3.89. The summed E-state index contributed by atoms with van der Waals surface area (Å²) in [6.45, 7) is 9.58. The molecule has 2 rings (SSSR count). The van der Waals surface area contributed by atoms with Crippen LogP contribution in [0, 0.1) is 24.2 Å². The van der Waals surface area contributed by atoms with E-state index in [9.17, 15) is 4.79 Å². The highest BCUT2D eigenvalue weighted by atomic mass is 16.6. The summed E-state index contributed by atoms with van der Waals surface area (Å²) in [7, 11) is 0. The second kappa shape index (κ2) is 7.57. The Bertz CT molecular complexity index is 628. The Hall–Kier alpha value is -2.22. The molecule has 0 aliphatic carbocycles. The number of benzene rings is 1. The number of rotatable bonds is 4. The lowest BCUT2D eigenvalue weighted by Crippen LogP contribution is -2.35. The van der Waals surface area contributed by atoms with E-state index in [4.69, 9.17) is 14.7 Å². The van der Waals surface area contributed by atoms with Gasteiger partial charge in [0.1, 0.15) is 11.4 Å². The van der Waals surface area contributed by atoms with Crippen LogP contribution in [0.1, 0.15) is 44.7 Å². The van der Waals surface area contributed by atoms with Crippen molar-refractivity contribution in [3.63, 3.8) is 0 Å². The van der Waals surface area contributed by atoms with Gasteiger partial charge < -0.3 is 14.4 Å². The quantitative estimate of drug-likeness (QED) is 0.840. The largest absolute Gasteiger partial charge is 0.494 e. The van der Waals surface area contributed by atoms with Gasteiger partial charge in [-0.15, -0.1) is 0 Å². The van der Waals surface area contributed by atoms with Crippen molar-refractivity contribution in [3.8, 4) is 11.8 Å². The highest BCUT2D eigenvalue weighted by molar-refractivity contribution is 5.68. The number of nitriles is 1. The molecular weight excluding hydrogens is 304 g/mol. The molecule has 130 valence electrons. The number of nitrogens with zero attached hydrogens (tertiary/aromatic N) is 2. The van der Waals surface area contributed by atoms with Crippen molar-refractivity contribution < 1.29 is 14.3 Å². The summed E-state index contributed by atoms with van der Waals surface area (Å²) in [5.74, 6) is 1.15. The van der Waals surface area contributed by atoms with E-state index in [1.54, 1.807) is 11.0 Å². The molecular formula is C19H26N2O3. The van der Waals surface area contributed by atoms with Gasteiger partial charge in [0.25, 0.3) is 0 Å². The third-order valence-electron chi connectivity index (χ3n) is 4.06. The second-order valence-corrected chi connectivity index (χ2v) is 7.31. The van der Waals surface area contributed by atoms with E-state index in [0.717, 1.165) is 37.2 Å². The molecule has 0 N–H and O–H groups in total. The topological polar surface area (TPSA) is 62.6 Å². The Morgan fingerprint density at radius 2 is 2.17 bits per heavy atom. The minimum absolute atomic E-state index is 0.233. The zero-order chi connectivity index (χ0) is 17.7. The molecule has 1 saturated heterocycles. The number of aryl methyl sites for hydroxylation is 1. The van der Waals surface area contributed by atoms with Gasteiger partial charge in [-0.2, -0.15) is 5.26 Å². The number of carbonyl (C=O) groups is 1. The molecule has 1 aliphatic heterocycles. The first-order valence-electron chi connectivity index (χ1n) is 8.40. The van der Waals surface area contributed by atoms with Crippen molar-refractivity contribution in [2.24, 2.45) is 5.92 Å². The van der Waals surface area contributed by atoms with Crippen molar-refractivity contribution in [2.45, 2.75) is 46.1 Å². The van der Waals surface area contributed by atoms with Crippen LogP contribution in [0.3, 0.4) is 0 Å². The highest BCUT2D eigenvalue weighted by Gasteiger charge is 2.29. The van der Waals surface area contributed by atoms with E-state index >= 15 is 0 Å². The number of amides is 1. The fourth-order valence-corrected chi connectivity index (χ4v) is 2.72. The molecule has 24 heavy (non-hydrogen) atoms. The lowest BCUT2D eigenvalue weighted by molar-refractivity contribution is 0.0286. The SMILES string of the molecule is Cc1ccc(OCCC2CCN(C(=O)OC(C)(C)C)C2)cc1C#N. The first-order valence-corrected chi connectivity index (χ1v) is 8.40. The zero-order valence-corrected chi connectivity index (χ0v) is 15.0. The number of carbonyl (C=O) groups excluding carboxylic acids is 1. The number of hydrogen-bond donors (Lipinski definition) is 0. The van der Waals surface area contributed by atoms with Crippen LogP contribution in [-0.2, 0) is 4.74 Å². The maximum atomic E-state index is 12.0. The molecule has 5 nitrogen and oxygen atoms in total. The fraction of sp³-hybridized carbons (Fsp3) is 0.579. The van der Waals surface area contributed by atoms with E-state index in [1.807, 2.05) is 39.8 Å². The molecule has 0 saturated carbocycles. The van der Waals surface area contributed by atoms with Crippen LogP contribution in [-0.4, -0.2) is 36.3 Å². The van der Waals surface area contributed by atoms with Crippen molar-refractivity contribution in [3.05, 3.63) is 29.3 Å². The predicted molar refractivity (Wildman–Crippen MR) is 91.9 cm³/mol. The van der Waals surface area contributed by atoms with Crippen LogP contribution >= 0.6 is 0 Å². The smallest absolute Gasteiger partial charge is 0.410 e. The van der Waals surface area contributed by atoms with Crippen molar-refractivity contribution in [1.82, 2.24) is 4.90 Å². The Kier molecular flexibility index (Phi) is 5.71. The molecule has 0 spiro atoms. The van der Waals surface area contributed by atoms with Crippen LogP contribution < -0.4 is 4.74 Å². The van der Waals surface area contributed by atoms with Gasteiger partial charge in [-0.25, -0.2) is 4.79 Å². The molecule has 1 unspecified atom stereocenters. The van der Waals surface area contributed by atoms with Gasteiger partial charge in [0.15, 0.2) is 0 Å². The molecule has 5 heteroatoms.